The molecule has 31 heavy (non-hydrogen) atoms. The smallest absolute Gasteiger partial charge is 0.263 e. The molecule has 2 aliphatic rings. The van der Waals surface area contributed by atoms with Crippen molar-refractivity contribution in [3.63, 3.8) is 0 Å². The van der Waals surface area contributed by atoms with Crippen LogP contribution in [0, 0.1) is 18.8 Å². The number of nitrogens with two attached hydrogens (primary N) is 1. The highest BCUT2D eigenvalue weighted by atomic mass is 35.5. The molecule has 0 spiro atoms. The summed E-state index contributed by atoms with van der Waals surface area (Å²) in [4.78, 5) is 20.9. The van der Waals surface area contributed by atoms with E-state index in [-0.39, 0.29) is 5.91 Å². The van der Waals surface area contributed by atoms with Crippen LogP contribution >= 0.6 is 22.9 Å². The van der Waals surface area contributed by atoms with Gasteiger partial charge < -0.3 is 16.0 Å². The number of fused-ring (bicyclic) bond motifs is 3. The van der Waals surface area contributed by atoms with Crippen LogP contribution in [0.2, 0.25) is 5.02 Å². The van der Waals surface area contributed by atoms with Crippen molar-refractivity contribution >= 4 is 50.4 Å². The Morgan fingerprint density at radius 1 is 1.26 bits per heavy atom. The molecule has 5 nitrogen and oxygen atoms in total. The molecule has 2 aromatic heterocycles. The third-order valence-corrected chi connectivity index (χ3v) is 8.01. The molecule has 2 unspecified atom stereocenters. The molecule has 7 heteroatoms. The molecule has 1 aromatic carbocycles. The minimum absolute atomic E-state index is 0.148. The van der Waals surface area contributed by atoms with Gasteiger partial charge in [0.1, 0.15) is 9.71 Å². The second-order valence-electron chi connectivity index (χ2n) is 8.89. The van der Waals surface area contributed by atoms with Gasteiger partial charge in [0.15, 0.2) is 0 Å². The summed E-state index contributed by atoms with van der Waals surface area (Å²) in [6.45, 7) is 4.71. The highest BCUT2D eigenvalue weighted by molar-refractivity contribution is 7.21. The van der Waals surface area contributed by atoms with E-state index in [4.69, 9.17) is 17.3 Å². The number of aromatic nitrogens is 1. The quantitative estimate of drug-likeness (QED) is 0.566. The number of pyridine rings is 1. The molecule has 1 saturated heterocycles. The molecule has 2 atom stereocenters. The van der Waals surface area contributed by atoms with Crippen molar-refractivity contribution in [3.8, 4) is 0 Å². The van der Waals surface area contributed by atoms with E-state index in [0.29, 0.717) is 17.1 Å². The maximum Gasteiger partial charge on any atom is 0.263 e. The number of nitrogens with zero attached hydrogens (tertiary/aromatic N) is 2. The van der Waals surface area contributed by atoms with Crippen molar-refractivity contribution < 1.29 is 4.79 Å². The van der Waals surface area contributed by atoms with Crippen LogP contribution in [-0.4, -0.2) is 30.5 Å². The van der Waals surface area contributed by atoms with Crippen molar-refractivity contribution in [2.75, 3.05) is 30.3 Å². The summed E-state index contributed by atoms with van der Waals surface area (Å²) < 4.78 is 0. The molecule has 2 bridgehead atoms. The standard InChI is InChI=1S/C24H27ClN4OS/c1-14-2-6-18-21(26)22(31-24(18)28-14)23(30)27-9-8-15-5-7-20(19(25)11-15)29-12-16-3-4-17(10-16)13-29/h2,5-7,11,16-17H,3-4,8-10,12-13,26H2,1H3,(H,27,30). The maximum atomic E-state index is 12.7. The molecule has 1 aliphatic heterocycles. The Kier molecular flexibility index (Phi) is 5.52. The number of hydrogen-bond donors (Lipinski definition) is 2. The molecular formula is C24H27ClN4OS. The van der Waals surface area contributed by atoms with E-state index in [1.807, 2.05) is 25.1 Å². The first-order valence-electron chi connectivity index (χ1n) is 10.9. The molecule has 5 rings (SSSR count). The first-order chi connectivity index (χ1) is 15.0. The van der Waals surface area contributed by atoms with Crippen molar-refractivity contribution in [3.05, 3.63) is 51.5 Å². The van der Waals surface area contributed by atoms with Gasteiger partial charge in [-0.2, -0.15) is 0 Å². The molecule has 1 aliphatic carbocycles. The number of anilines is 2. The highest BCUT2D eigenvalue weighted by Crippen LogP contribution is 2.40. The van der Waals surface area contributed by atoms with Gasteiger partial charge in [0.05, 0.1) is 16.4 Å². The van der Waals surface area contributed by atoms with Gasteiger partial charge >= 0.3 is 0 Å². The van der Waals surface area contributed by atoms with Gasteiger partial charge in [-0.1, -0.05) is 17.7 Å². The summed E-state index contributed by atoms with van der Waals surface area (Å²) in [5.41, 5.74) is 9.88. The fourth-order valence-corrected chi connectivity index (χ4v) is 6.40. The van der Waals surface area contributed by atoms with Crippen LogP contribution in [0.25, 0.3) is 10.2 Å². The monoisotopic (exact) mass is 454 g/mol. The lowest BCUT2D eigenvalue weighted by atomic mass is 9.98. The Labute approximate surface area is 191 Å². The minimum Gasteiger partial charge on any atom is -0.397 e. The number of nitrogen functional groups attached to an aromatic ring is 1. The molecule has 0 radical (unpaired) electrons. The van der Waals surface area contributed by atoms with Crippen molar-refractivity contribution in [1.82, 2.24) is 10.3 Å². The van der Waals surface area contributed by atoms with Gasteiger partial charge in [-0.15, -0.1) is 11.3 Å². The molecular weight excluding hydrogens is 428 g/mol. The molecule has 3 N–H and O–H groups in total. The van der Waals surface area contributed by atoms with E-state index in [9.17, 15) is 4.79 Å². The van der Waals surface area contributed by atoms with E-state index >= 15 is 0 Å². The number of thiophene rings is 1. The SMILES string of the molecule is Cc1ccc2c(N)c(C(=O)NCCc3ccc(N4CC5CCC(C5)C4)c(Cl)c3)sc2n1. The zero-order valence-electron chi connectivity index (χ0n) is 17.7. The number of aryl methyl sites for hydroxylation is 1. The molecule has 3 heterocycles. The lowest BCUT2D eigenvalue weighted by Crippen LogP contribution is -2.36. The number of hydrogen-bond acceptors (Lipinski definition) is 5. The Hall–Kier alpha value is -2.31. The maximum absolute atomic E-state index is 12.7. The van der Waals surface area contributed by atoms with E-state index in [1.54, 1.807) is 0 Å². The predicted octanol–water partition coefficient (Wildman–Crippen LogP) is 5.05. The van der Waals surface area contributed by atoms with E-state index < -0.39 is 0 Å². The number of amides is 1. The van der Waals surface area contributed by atoms with Crippen LogP contribution in [0.15, 0.2) is 30.3 Å². The van der Waals surface area contributed by atoms with Gasteiger partial charge in [-0.3, -0.25) is 4.79 Å². The largest absolute Gasteiger partial charge is 0.397 e. The summed E-state index contributed by atoms with van der Waals surface area (Å²) in [6.07, 6.45) is 4.82. The van der Waals surface area contributed by atoms with Gasteiger partial charge in [0.25, 0.3) is 5.91 Å². The Morgan fingerprint density at radius 2 is 2.03 bits per heavy atom. The fraction of sp³-hybridized carbons (Fsp3) is 0.417. The topological polar surface area (TPSA) is 71.2 Å². The van der Waals surface area contributed by atoms with Gasteiger partial charge in [0.2, 0.25) is 0 Å². The zero-order chi connectivity index (χ0) is 21.5. The van der Waals surface area contributed by atoms with E-state index in [2.05, 4.69) is 27.3 Å². The number of nitrogens with one attached hydrogen (secondary N) is 1. The second kappa shape index (κ2) is 8.32. The summed E-state index contributed by atoms with van der Waals surface area (Å²) in [7, 11) is 0. The normalized spacial score (nSPS) is 20.4. The summed E-state index contributed by atoms with van der Waals surface area (Å²) in [5, 5.41) is 4.64. The number of halogens is 1. The van der Waals surface area contributed by atoms with Crippen LogP contribution in [0.3, 0.4) is 0 Å². The van der Waals surface area contributed by atoms with Crippen LogP contribution in [-0.2, 0) is 6.42 Å². The van der Waals surface area contributed by atoms with Crippen molar-refractivity contribution in [1.29, 1.82) is 0 Å². The average Bonchev–Trinajstić information content (AvgIpc) is 3.26. The highest BCUT2D eigenvalue weighted by Gasteiger charge is 2.33. The Balaban J connectivity index is 1.21. The van der Waals surface area contributed by atoms with Crippen LogP contribution in [0.1, 0.15) is 40.2 Å². The summed E-state index contributed by atoms with van der Waals surface area (Å²) >= 11 is 7.99. The molecule has 162 valence electrons. The third kappa shape index (κ3) is 4.11. The Morgan fingerprint density at radius 3 is 2.77 bits per heavy atom. The second-order valence-corrected chi connectivity index (χ2v) is 10.3. The van der Waals surface area contributed by atoms with Gasteiger partial charge in [0, 0.05) is 30.7 Å². The Bertz CT molecular complexity index is 1130. The number of carbonyl (C=O) groups is 1. The van der Waals surface area contributed by atoms with Gasteiger partial charge in [-0.05, 0) is 74.3 Å². The number of piperidine rings is 1. The number of carbonyl (C=O) groups excluding carboxylic acids is 1. The van der Waals surface area contributed by atoms with Crippen LogP contribution in [0.4, 0.5) is 11.4 Å². The zero-order valence-corrected chi connectivity index (χ0v) is 19.2. The van der Waals surface area contributed by atoms with Crippen molar-refractivity contribution in [2.24, 2.45) is 11.8 Å². The summed E-state index contributed by atoms with van der Waals surface area (Å²) in [5.74, 6) is 1.50. The van der Waals surface area contributed by atoms with E-state index in [1.165, 1.54) is 30.6 Å². The number of rotatable bonds is 5. The van der Waals surface area contributed by atoms with E-state index in [0.717, 1.165) is 63.5 Å². The van der Waals surface area contributed by atoms with Gasteiger partial charge in [-0.25, -0.2) is 4.98 Å². The molecule has 1 saturated carbocycles. The third-order valence-electron chi connectivity index (χ3n) is 6.60. The lowest BCUT2D eigenvalue weighted by molar-refractivity contribution is 0.0959. The lowest BCUT2D eigenvalue weighted by Gasteiger charge is -2.34. The molecule has 3 aromatic rings. The molecule has 1 amide bonds. The molecule has 2 fully saturated rings. The van der Waals surface area contributed by atoms with Crippen molar-refractivity contribution in [2.45, 2.75) is 32.6 Å². The fourth-order valence-electron chi connectivity index (χ4n) is 5.03. The van der Waals surface area contributed by atoms with Crippen LogP contribution in [0.5, 0.6) is 0 Å². The van der Waals surface area contributed by atoms with Crippen LogP contribution < -0.4 is 16.0 Å². The first kappa shape index (κ1) is 20.6. The minimum atomic E-state index is -0.148. The summed E-state index contributed by atoms with van der Waals surface area (Å²) in [6, 6.07) is 10.2. The predicted molar refractivity (Wildman–Crippen MR) is 129 cm³/mol. The average molecular weight is 455 g/mol. The number of benzene rings is 1. The first-order valence-corrected chi connectivity index (χ1v) is 12.1.